The molecule has 0 aliphatic carbocycles. The number of phenolic OH excluding ortho intramolecular Hbond substituents is 1. The molecule has 2 aromatic carbocycles. The SMILES string of the molecule is COC(=O)c1cn(CC(=O)Nc2ccc(C)cc2O)c2ccccc12. The average Bonchev–Trinajstić information content (AvgIpc) is 2.95. The fourth-order valence-electron chi connectivity index (χ4n) is 2.74. The van der Waals surface area contributed by atoms with Crippen LogP contribution in [0.2, 0.25) is 0 Å². The van der Waals surface area contributed by atoms with E-state index in [0.717, 1.165) is 16.5 Å². The number of nitrogens with one attached hydrogen (secondary N) is 1. The molecule has 3 aromatic rings. The molecule has 3 rings (SSSR count). The van der Waals surface area contributed by atoms with Crippen LogP contribution >= 0.6 is 0 Å². The average molecular weight is 338 g/mol. The minimum Gasteiger partial charge on any atom is -0.506 e. The van der Waals surface area contributed by atoms with E-state index in [4.69, 9.17) is 4.74 Å². The van der Waals surface area contributed by atoms with Crippen molar-refractivity contribution in [3.8, 4) is 5.75 Å². The number of anilines is 1. The van der Waals surface area contributed by atoms with Gasteiger partial charge in [-0.15, -0.1) is 0 Å². The maximum atomic E-state index is 12.4. The summed E-state index contributed by atoms with van der Waals surface area (Å²) in [6.45, 7) is 1.86. The van der Waals surface area contributed by atoms with E-state index in [0.29, 0.717) is 11.3 Å². The number of aromatic hydroxyl groups is 1. The molecule has 0 spiro atoms. The van der Waals surface area contributed by atoms with E-state index in [-0.39, 0.29) is 18.2 Å². The molecule has 1 amide bonds. The summed E-state index contributed by atoms with van der Waals surface area (Å²) >= 11 is 0. The molecule has 0 unspecified atom stereocenters. The summed E-state index contributed by atoms with van der Waals surface area (Å²) in [7, 11) is 1.32. The highest BCUT2D eigenvalue weighted by Crippen LogP contribution is 2.25. The molecule has 128 valence electrons. The lowest BCUT2D eigenvalue weighted by molar-refractivity contribution is -0.116. The fraction of sp³-hybridized carbons (Fsp3) is 0.158. The highest BCUT2D eigenvalue weighted by atomic mass is 16.5. The van der Waals surface area contributed by atoms with Crippen LogP contribution in [-0.4, -0.2) is 28.7 Å². The summed E-state index contributed by atoms with van der Waals surface area (Å²) in [6.07, 6.45) is 1.60. The van der Waals surface area contributed by atoms with E-state index >= 15 is 0 Å². The zero-order chi connectivity index (χ0) is 18.0. The van der Waals surface area contributed by atoms with Gasteiger partial charge in [-0.2, -0.15) is 0 Å². The molecular weight excluding hydrogens is 320 g/mol. The van der Waals surface area contributed by atoms with Crippen molar-refractivity contribution in [1.29, 1.82) is 0 Å². The van der Waals surface area contributed by atoms with E-state index in [1.54, 1.807) is 29.0 Å². The molecule has 2 N–H and O–H groups in total. The lowest BCUT2D eigenvalue weighted by Crippen LogP contribution is -2.18. The number of benzene rings is 2. The summed E-state index contributed by atoms with van der Waals surface area (Å²) in [5, 5.41) is 13.3. The van der Waals surface area contributed by atoms with Crippen LogP contribution in [0, 0.1) is 6.92 Å². The topological polar surface area (TPSA) is 80.6 Å². The second-order valence-corrected chi connectivity index (χ2v) is 5.75. The van der Waals surface area contributed by atoms with Crippen molar-refractivity contribution >= 4 is 28.5 Å². The van der Waals surface area contributed by atoms with Gasteiger partial charge in [-0.3, -0.25) is 4.79 Å². The Morgan fingerprint density at radius 2 is 1.96 bits per heavy atom. The molecule has 0 saturated carbocycles. The van der Waals surface area contributed by atoms with Crippen molar-refractivity contribution < 1.29 is 19.4 Å². The molecule has 0 atom stereocenters. The van der Waals surface area contributed by atoms with Gasteiger partial charge in [-0.1, -0.05) is 24.3 Å². The Balaban J connectivity index is 1.87. The minimum atomic E-state index is -0.452. The zero-order valence-corrected chi connectivity index (χ0v) is 13.9. The number of rotatable bonds is 4. The van der Waals surface area contributed by atoms with Gasteiger partial charge in [0.15, 0.2) is 0 Å². The largest absolute Gasteiger partial charge is 0.506 e. The van der Waals surface area contributed by atoms with E-state index in [9.17, 15) is 14.7 Å². The summed E-state index contributed by atoms with van der Waals surface area (Å²) in [6, 6.07) is 12.3. The van der Waals surface area contributed by atoms with Crippen LogP contribution in [0.4, 0.5) is 5.69 Å². The number of carbonyl (C=O) groups excluding carboxylic acids is 2. The van der Waals surface area contributed by atoms with E-state index in [1.165, 1.54) is 7.11 Å². The summed E-state index contributed by atoms with van der Waals surface area (Å²) in [5.41, 5.74) is 2.41. The Hall–Kier alpha value is -3.28. The first-order valence-corrected chi connectivity index (χ1v) is 7.75. The van der Waals surface area contributed by atoms with Gasteiger partial charge >= 0.3 is 5.97 Å². The lowest BCUT2D eigenvalue weighted by atomic mass is 10.2. The molecule has 25 heavy (non-hydrogen) atoms. The molecule has 0 aliphatic rings. The molecule has 1 aromatic heterocycles. The third-order valence-corrected chi connectivity index (χ3v) is 3.94. The number of aromatic nitrogens is 1. The second kappa shape index (κ2) is 6.68. The van der Waals surface area contributed by atoms with Crippen molar-refractivity contribution in [2.45, 2.75) is 13.5 Å². The van der Waals surface area contributed by atoms with Gasteiger partial charge in [-0.05, 0) is 30.7 Å². The van der Waals surface area contributed by atoms with Crippen LogP contribution in [0.1, 0.15) is 15.9 Å². The molecule has 6 nitrogen and oxygen atoms in total. The Bertz CT molecular complexity index is 959. The first kappa shape index (κ1) is 16.6. The van der Waals surface area contributed by atoms with Gasteiger partial charge in [-0.25, -0.2) is 4.79 Å². The monoisotopic (exact) mass is 338 g/mol. The lowest BCUT2D eigenvalue weighted by Gasteiger charge is -2.09. The number of para-hydroxylation sites is 1. The number of hydrogen-bond donors (Lipinski definition) is 2. The zero-order valence-electron chi connectivity index (χ0n) is 13.9. The van der Waals surface area contributed by atoms with Crippen molar-refractivity contribution in [3.05, 3.63) is 59.8 Å². The molecule has 0 bridgehead atoms. The summed E-state index contributed by atoms with van der Waals surface area (Å²) in [4.78, 5) is 24.3. The number of methoxy groups -OCH3 is 1. The van der Waals surface area contributed by atoms with Crippen molar-refractivity contribution in [2.24, 2.45) is 0 Å². The number of ether oxygens (including phenoxy) is 1. The number of aryl methyl sites for hydroxylation is 1. The molecule has 0 aliphatic heterocycles. The van der Waals surface area contributed by atoms with Crippen molar-refractivity contribution in [1.82, 2.24) is 4.57 Å². The maximum absolute atomic E-state index is 12.4. The van der Waals surface area contributed by atoms with Crippen LogP contribution < -0.4 is 5.32 Å². The van der Waals surface area contributed by atoms with Gasteiger partial charge in [0.2, 0.25) is 5.91 Å². The third-order valence-electron chi connectivity index (χ3n) is 3.94. The number of hydrogen-bond acceptors (Lipinski definition) is 4. The first-order chi connectivity index (χ1) is 12.0. The predicted octanol–water partition coefficient (Wildman–Crippen LogP) is 3.08. The van der Waals surface area contributed by atoms with Gasteiger partial charge in [0, 0.05) is 17.1 Å². The van der Waals surface area contributed by atoms with Crippen molar-refractivity contribution in [3.63, 3.8) is 0 Å². The number of carbonyl (C=O) groups is 2. The van der Waals surface area contributed by atoms with E-state index in [2.05, 4.69) is 5.32 Å². The normalized spacial score (nSPS) is 10.6. The van der Waals surface area contributed by atoms with Crippen molar-refractivity contribution in [2.75, 3.05) is 12.4 Å². The molecular formula is C19H18N2O4. The Kier molecular flexibility index (Phi) is 4.43. The summed E-state index contributed by atoms with van der Waals surface area (Å²) in [5.74, 6) is -0.746. The Morgan fingerprint density at radius 1 is 1.20 bits per heavy atom. The fourth-order valence-corrected chi connectivity index (χ4v) is 2.74. The quantitative estimate of drug-likeness (QED) is 0.566. The second-order valence-electron chi connectivity index (χ2n) is 5.75. The van der Waals surface area contributed by atoms with Crippen LogP contribution in [0.15, 0.2) is 48.7 Å². The van der Waals surface area contributed by atoms with E-state index in [1.807, 2.05) is 31.2 Å². The number of esters is 1. The third kappa shape index (κ3) is 3.33. The Labute approximate surface area is 144 Å². The van der Waals surface area contributed by atoms with Crippen LogP contribution in [-0.2, 0) is 16.1 Å². The standard InChI is InChI=1S/C19H18N2O4/c1-12-7-8-15(17(22)9-12)20-18(23)11-21-10-14(19(24)25-2)13-5-3-4-6-16(13)21/h3-10,22H,11H2,1-2H3,(H,20,23). The Morgan fingerprint density at radius 3 is 2.68 bits per heavy atom. The molecule has 0 fully saturated rings. The van der Waals surface area contributed by atoms with Crippen LogP contribution in [0.5, 0.6) is 5.75 Å². The summed E-state index contributed by atoms with van der Waals surface area (Å²) < 4.78 is 6.48. The van der Waals surface area contributed by atoms with Crippen LogP contribution in [0.25, 0.3) is 10.9 Å². The molecule has 0 radical (unpaired) electrons. The number of phenols is 1. The number of nitrogens with zero attached hydrogens (tertiary/aromatic N) is 1. The number of fused-ring (bicyclic) bond motifs is 1. The predicted molar refractivity (Wildman–Crippen MR) is 94.8 cm³/mol. The van der Waals surface area contributed by atoms with Gasteiger partial charge in [0.05, 0.1) is 18.4 Å². The highest BCUT2D eigenvalue weighted by Gasteiger charge is 2.17. The smallest absolute Gasteiger partial charge is 0.340 e. The minimum absolute atomic E-state index is 0.00479. The van der Waals surface area contributed by atoms with Gasteiger partial charge in [0.1, 0.15) is 12.3 Å². The van der Waals surface area contributed by atoms with E-state index < -0.39 is 5.97 Å². The number of amides is 1. The molecule has 0 saturated heterocycles. The first-order valence-electron chi connectivity index (χ1n) is 7.75. The van der Waals surface area contributed by atoms with Gasteiger partial charge < -0.3 is 19.7 Å². The van der Waals surface area contributed by atoms with Crippen LogP contribution in [0.3, 0.4) is 0 Å². The highest BCUT2D eigenvalue weighted by molar-refractivity contribution is 6.05. The van der Waals surface area contributed by atoms with Gasteiger partial charge in [0.25, 0.3) is 0 Å². The molecule has 1 heterocycles. The molecule has 6 heteroatoms. The maximum Gasteiger partial charge on any atom is 0.340 e.